The second-order valence-corrected chi connectivity index (χ2v) is 8.44. The van der Waals surface area contributed by atoms with Crippen LogP contribution in [0.5, 0.6) is 5.75 Å². The Morgan fingerprint density at radius 3 is 2.62 bits per heavy atom. The zero-order valence-corrected chi connectivity index (χ0v) is 19.2. The van der Waals surface area contributed by atoms with E-state index in [1.807, 2.05) is 13.8 Å². The summed E-state index contributed by atoms with van der Waals surface area (Å²) in [6.45, 7) is 12.7. The molecule has 1 aromatic heterocycles. The fourth-order valence-corrected chi connectivity index (χ4v) is 4.49. The van der Waals surface area contributed by atoms with E-state index in [2.05, 4.69) is 15.9 Å². The number of morpholine rings is 1. The summed E-state index contributed by atoms with van der Waals surface area (Å²) in [6.07, 6.45) is 0.467. The molecule has 0 bridgehead atoms. The molecule has 0 unspecified atom stereocenters. The molecule has 4 rings (SSSR count). The number of ether oxygens (including phenoxy) is 3. The second kappa shape index (κ2) is 10.0. The highest BCUT2D eigenvalue weighted by atomic mass is 16.5. The first kappa shape index (κ1) is 22.8. The lowest BCUT2D eigenvalue weighted by Crippen LogP contribution is -2.43. The molecule has 1 aromatic carbocycles. The number of carbonyl (C=O) groups excluding carboxylic acids is 1. The predicted octanol–water partition coefficient (Wildman–Crippen LogP) is 2.39. The Morgan fingerprint density at radius 2 is 1.88 bits per heavy atom. The predicted molar refractivity (Wildman–Crippen MR) is 120 cm³/mol. The van der Waals surface area contributed by atoms with Gasteiger partial charge in [0.2, 0.25) is 0 Å². The van der Waals surface area contributed by atoms with Crippen LogP contribution < -0.4 is 10.4 Å². The summed E-state index contributed by atoms with van der Waals surface area (Å²) >= 11 is 0. The second-order valence-electron chi connectivity index (χ2n) is 8.44. The lowest BCUT2D eigenvalue weighted by atomic mass is 9.97. The Bertz CT molecular complexity index is 1040. The molecule has 0 saturated carbocycles. The van der Waals surface area contributed by atoms with E-state index in [0.717, 1.165) is 73.8 Å². The number of nitrogens with zero attached hydrogens (tertiary/aromatic N) is 2. The number of carbonyl (C=O) groups is 1. The van der Waals surface area contributed by atoms with Crippen LogP contribution in [-0.2, 0) is 27.2 Å². The molecule has 0 amide bonds. The molecule has 2 aromatic rings. The smallest absolute Gasteiger partial charge is 0.339 e. The fraction of sp³-hybridized carbons (Fsp3) is 0.583. The van der Waals surface area contributed by atoms with Crippen molar-refractivity contribution in [3.8, 4) is 5.75 Å². The highest BCUT2D eigenvalue weighted by Gasteiger charge is 2.24. The van der Waals surface area contributed by atoms with E-state index in [1.165, 1.54) is 0 Å². The Hall–Kier alpha value is -2.42. The Morgan fingerprint density at radius 1 is 1.12 bits per heavy atom. The first-order valence-corrected chi connectivity index (χ1v) is 11.4. The minimum Gasteiger partial charge on any atom is -0.477 e. The Labute approximate surface area is 188 Å². The molecule has 1 saturated heterocycles. The third kappa shape index (κ3) is 4.82. The van der Waals surface area contributed by atoms with Crippen LogP contribution in [0.2, 0.25) is 0 Å². The summed E-state index contributed by atoms with van der Waals surface area (Å²) in [5.74, 6) is 0.499. The minimum absolute atomic E-state index is 0.160. The van der Waals surface area contributed by atoms with Gasteiger partial charge in [-0.1, -0.05) is 0 Å². The Balaban J connectivity index is 1.55. The van der Waals surface area contributed by atoms with E-state index >= 15 is 0 Å². The summed E-state index contributed by atoms with van der Waals surface area (Å²) < 4.78 is 22.2. The van der Waals surface area contributed by atoms with Crippen molar-refractivity contribution in [1.82, 2.24) is 9.80 Å². The summed E-state index contributed by atoms with van der Waals surface area (Å²) in [6, 6.07) is 2.07. The summed E-state index contributed by atoms with van der Waals surface area (Å²) in [5, 5.41) is 0.901. The van der Waals surface area contributed by atoms with Crippen molar-refractivity contribution in [2.75, 3.05) is 52.7 Å². The van der Waals surface area contributed by atoms with Crippen molar-refractivity contribution < 1.29 is 23.4 Å². The summed E-state index contributed by atoms with van der Waals surface area (Å²) in [7, 11) is 0. The first-order valence-electron chi connectivity index (χ1n) is 11.4. The number of fused-ring (bicyclic) bond motifs is 2. The lowest BCUT2D eigenvalue weighted by Gasteiger charge is -2.33. The molecule has 8 heteroatoms. The molecule has 0 atom stereocenters. The average molecular weight is 445 g/mol. The monoisotopic (exact) mass is 444 g/mol. The number of hydrogen-bond acceptors (Lipinski definition) is 8. The van der Waals surface area contributed by atoms with Crippen LogP contribution in [0.4, 0.5) is 0 Å². The van der Waals surface area contributed by atoms with Crippen molar-refractivity contribution >= 4 is 16.9 Å². The van der Waals surface area contributed by atoms with E-state index in [1.54, 1.807) is 6.92 Å². The molecule has 32 heavy (non-hydrogen) atoms. The van der Waals surface area contributed by atoms with E-state index in [9.17, 15) is 9.59 Å². The van der Waals surface area contributed by atoms with Crippen molar-refractivity contribution in [1.29, 1.82) is 0 Å². The lowest BCUT2D eigenvalue weighted by molar-refractivity contribution is -0.143. The molecule has 1 fully saturated rings. The van der Waals surface area contributed by atoms with Gasteiger partial charge in [0.1, 0.15) is 18.1 Å². The molecule has 8 nitrogen and oxygen atoms in total. The molecule has 3 heterocycles. The zero-order chi connectivity index (χ0) is 22.7. The van der Waals surface area contributed by atoms with Gasteiger partial charge in [0.05, 0.1) is 19.8 Å². The van der Waals surface area contributed by atoms with E-state index < -0.39 is 5.63 Å². The van der Waals surface area contributed by atoms with Gasteiger partial charge >= 0.3 is 11.6 Å². The van der Waals surface area contributed by atoms with Crippen LogP contribution in [-0.4, -0.2) is 68.5 Å². The van der Waals surface area contributed by atoms with Crippen molar-refractivity contribution in [2.24, 2.45) is 0 Å². The van der Waals surface area contributed by atoms with Crippen LogP contribution in [0.1, 0.15) is 35.6 Å². The van der Waals surface area contributed by atoms with Gasteiger partial charge in [-0.15, -0.1) is 0 Å². The molecule has 0 aliphatic carbocycles. The SMILES string of the molecule is CCOC(=O)CCc1c(C)c2cc3c(c(C)c2oc1=O)OCN(CCN1CCOCC1)C3. The molecule has 2 aliphatic heterocycles. The van der Waals surface area contributed by atoms with Crippen LogP contribution in [0, 0.1) is 13.8 Å². The largest absolute Gasteiger partial charge is 0.477 e. The van der Waals surface area contributed by atoms with Gasteiger partial charge in [-0.25, -0.2) is 4.79 Å². The first-order chi connectivity index (χ1) is 15.5. The maximum Gasteiger partial charge on any atom is 0.339 e. The number of rotatable bonds is 7. The molecule has 174 valence electrons. The Kier molecular flexibility index (Phi) is 7.13. The standard InChI is InChI=1S/C24H32N2O6/c1-4-30-21(27)6-5-19-16(2)20-13-18-14-26(8-7-25-9-11-29-12-10-25)15-31-22(18)17(3)23(20)32-24(19)28/h13H,4-12,14-15H2,1-3H3. The summed E-state index contributed by atoms with van der Waals surface area (Å²) in [4.78, 5) is 29.1. The van der Waals surface area contributed by atoms with Crippen LogP contribution in [0.15, 0.2) is 15.3 Å². The third-order valence-electron chi connectivity index (χ3n) is 6.34. The number of hydrogen-bond donors (Lipinski definition) is 0. The van der Waals surface area contributed by atoms with Gasteiger partial charge in [0.15, 0.2) is 0 Å². The average Bonchev–Trinajstić information content (AvgIpc) is 2.79. The molecular weight excluding hydrogens is 412 g/mol. The van der Waals surface area contributed by atoms with E-state index in [4.69, 9.17) is 18.6 Å². The number of esters is 1. The highest BCUT2D eigenvalue weighted by Crippen LogP contribution is 2.36. The van der Waals surface area contributed by atoms with Crippen LogP contribution in [0.3, 0.4) is 0 Å². The van der Waals surface area contributed by atoms with Gasteiger partial charge < -0.3 is 18.6 Å². The van der Waals surface area contributed by atoms with Gasteiger partial charge in [0.25, 0.3) is 0 Å². The quantitative estimate of drug-likeness (QED) is 0.476. The van der Waals surface area contributed by atoms with Gasteiger partial charge in [0, 0.05) is 61.2 Å². The van der Waals surface area contributed by atoms with Gasteiger partial charge in [-0.05, 0) is 38.8 Å². The highest BCUT2D eigenvalue weighted by molar-refractivity contribution is 5.87. The number of aryl methyl sites for hydroxylation is 2. The maximum absolute atomic E-state index is 12.7. The molecule has 0 spiro atoms. The van der Waals surface area contributed by atoms with Gasteiger partial charge in [-0.2, -0.15) is 0 Å². The van der Waals surface area contributed by atoms with E-state index in [0.29, 0.717) is 30.9 Å². The van der Waals surface area contributed by atoms with Gasteiger partial charge in [-0.3, -0.25) is 14.6 Å². The van der Waals surface area contributed by atoms with Crippen molar-refractivity contribution in [3.63, 3.8) is 0 Å². The molecule has 2 aliphatic rings. The van der Waals surface area contributed by atoms with Crippen LogP contribution in [0.25, 0.3) is 11.0 Å². The van der Waals surface area contributed by atoms with E-state index in [-0.39, 0.29) is 12.4 Å². The van der Waals surface area contributed by atoms with Crippen LogP contribution >= 0.6 is 0 Å². The topological polar surface area (TPSA) is 81.4 Å². The third-order valence-corrected chi connectivity index (χ3v) is 6.34. The summed E-state index contributed by atoms with van der Waals surface area (Å²) in [5.41, 5.74) is 3.50. The number of benzene rings is 1. The maximum atomic E-state index is 12.7. The zero-order valence-electron chi connectivity index (χ0n) is 19.2. The molecule has 0 N–H and O–H groups in total. The van der Waals surface area contributed by atoms with Crippen molar-refractivity contribution in [2.45, 2.75) is 40.2 Å². The normalized spacial score (nSPS) is 17.2. The fourth-order valence-electron chi connectivity index (χ4n) is 4.49. The minimum atomic E-state index is -0.398. The van der Waals surface area contributed by atoms with Crippen molar-refractivity contribution in [3.05, 3.63) is 38.7 Å². The molecular formula is C24H32N2O6. The molecule has 0 radical (unpaired) electrons.